The Balaban J connectivity index is 2.10. The van der Waals surface area contributed by atoms with E-state index in [0.717, 1.165) is 9.37 Å². The summed E-state index contributed by atoms with van der Waals surface area (Å²) in [6.07, 6.45) is -0.374. The number of rotatable bonds is 5. The molecule has 1 atom stereocenters. The van der Waals surface area contributed by atoms with E-state index in [9.17, 15) is 14.7 Å². The van der Waals surface area contributed by atoms with Crippen LogP contribution in [-0.2, 0) is 4.74 Å². The quantitative estimate of drug-likeness (QED) is 0.831. The van der Waals surface area contributed by atoms with Crippen molar-refractivity contribution >= 4 is 27.7 Å². The molecule has 1 aromatic rings. The fourth-order valence-electron chi connectivity index (χ4n) is 2.02. The van der Waals surface area contributed by atoms with E-state index in [1.165, 1.54) is 7.11 Å². The molecular weight excluding hydrogens is 314 g/mol. The lowest BCUT2D eigenvalue weighted by Gasteiger charge is -2.16. The Kier molecular flexibility index (Phi) is 4.34. The summed E-state index contributed by atoms with van der Waals surface area (Å²) in [5.74, 6) is -0.622. The number of fused-ring (bicyclic) bond motifs is 1. The van der Waals surface area contributed by atoms with Crippen LogP contribution in [-0.4, -0.2) is 48.2 Å². The van der Waals surface area contributed by atoms with Crippen LogP contribution in [0.1, 0.15) is 27.1 Å². The fourth-order valence-corrected chi connectivity index (χ4v) is 2.38. The number of ether oxygens (including phenoxy) is 1. The SMILES string of the molecule is COCC(O)CCN1C(=O)c2ccc(Br)cc2C1=O. The molecular formula is C13H14BrNO4. The molecule has 1 unspecified atom stereocenters. The summed E-state index contributed by atoms with van der Waals surface area (Å²) in [6.45, 7) is 0.378. The Hall–Kier alpha value is -1.24. The molecule has 102 valence electrons. The van der Waals surface area contributed by atoms with E-state index in [0.29, 0.717) is 17.5 Å². The van der Waals surface area contributed by atoms with Gasteiger partial charge in [-0.1, -0.05) is 15.9 Å². The number of nitrogens with zero attached hydrogens (tertiary/aromatic N) is 1. The zero-order chi connectivity index (χ0) is 14.0. The van der Waals surface area contributed by atoms with Crippen molar-refractivity contribution in [2.45, 2.75) is 12.5 Å². The smallest absolute Gasteiger partial charge is 0.261 e. The summed E-state index contributed by atoms with van der Waals surface area (Å²) < 4.78 is 5.56. The number of hydrogen-bond acceptors (Lipinski definition) is 4. The molecule has 19 heavy (non-hydrogen) atoms. The third kappa shape index (κ3) is 2.86. The molecule has 0 saturated heterocycles. The predicted octanol–water partition coefficient (Wildman–Crippen LogP) is 1.44. The van der Waals surface area contributed by atoms with E-state index in [2.05, 4.69) is 15.9 Å². The lowest BCUT2D eigenvalue weighted by atomic mass is 10.1. The second kappa shape index (κ2) is 5.81. The first-order valence-electron chi connectivity index (χ1n) is 5.87. The molecule has 0 bridgehead atoms. The minimum Gasteiger partial charge on any atom is -0.391 e. The third-order valence-corrected chi connectivity index (χ3v) is 3.47. The van der Waals surface area contributed by atoms with Crippen molar-refractivity contribution in [3.8, 4) is 0 Å². The van der Waals surface area contributed by atoms with Gasteiger partial charge in [-0.3, -0.25) is 14.5 Å². The van der Waals surface area contributed by atoms with E-state index in [-0.39, 0.29) is 25.0 Å². The van der Waals surface area contributed by atoms with Crippen molar-refractivity contribution in [3.05, 3.63) is 33.8 Å². The normalized spacial score (nSPS) is 15.8. The van der Waals surface area contributed by atoms with Gasteiger partial charge in [-0.15, -0.1) is 0 Å². The van der Waals surface area contributed by atoms with Gasteiger partial charge in [0.1, 0.15) is 0 Å². The van der Waals surface area contributed by atoms with Crippen LogP contribution >= 0.6 is 15.9 Å². The molecule has 6 heteroatoms. The number of aliphatic hydroxyl groups is 1. The van der Waals surface area contributed by atoms with Crippen LogP contribution < -0.4 is 0 Å². The monoisotopic (exact) mass is 327 g/mol. The molecule has 2 rings (SSSR count). The largest absolute Gasteiger partial charge is 0.391 e. The first kappa shape index (κ1) is 14.2. The van der Waals surface area contributed by atoms with E-state index in [4.69, 9.17) is 4.74 Å². The first-order valence-corrected chi connectivity index (χ1v) is 6.66. The minimum atomic E-state index is -0.680. The van der Waals surface area contributed by atoms with Crippen LogP contribution in [0, 0.1) is 0 Å². The number of methoxy groups -OCH3 is 1. The molecule has 2 amide bonds. The summed E-state index contributed by atoms with van der Waals surface area (Å²) in [5.41, 5.74) is 0.815. The van der Waals surface area contributed by atoms with E-state index >= 15 is 0 Å². The van der Waals surface area contributed by atoms with E-state index < -0.39 is 6.10 Å². The Bertz CT molecular complexity index is 517. The number of halogens is 1. The van der Waals surface area contributed by atoms with Crippen LogP contribution in [0.25, 0.3) is 0 Å². The zero-order valence-corrected chi connectivity index (χ0v) is 12.0. The van der Waals surface area contributed by atoms with Gasteiger partial charge in [-0.25, -0.2) is 0 Å². The predicted molar refractivity (Wildman–Crippen MR) is 72.0 cm³/mol. The number of hydrogen-bond donors (Lipinski definition) is 1. The number of aliphatic hydroxyl groups excluding tert-OH is 1. The number of amides is 2. The average molecular weight is 328 g/mol. The second-order valence-electron chi connectivity index (χ2n) is 4.35. The highest BCUT2D eigenvalue weighted by atomic mass is 79.9. The summed E-state index contributed by atoms with van der Waals surface area (Å²) in [5, 5.41) is 9.56. The van der Waals surface area contributed by atoms with Crippen LogP contribution in [0.15, 0.2) is 22.7 Å². The van der Waals surface area contributed by atoms with Gasteiger partial charge in [0, 0.05) is 18.1 Å². The highest BCUT2D eigenvalue weighted by Crippen LogP contribution is 2.26. The number of carbonyl (C=O) groups excluding carboxylic acids is 2. The molecule has 0 saturated carbocycles. The Morgan fingerprint density at radius 2 is 2.00 bits per heavy atom. The summed E-state index contributed by atoms with van der Waals surface area (Å²) >= 11 is 3.28. The maximum absolute atomic E-state index is 12.1. The van der Waals surface area contributed by atoms with Crippen LogP contribution in [0.2, 0.25) is 0 Å². The standard InChI is InChI=1S/C13H14BrNO4/c1-19-7-9(16)4-5-15-12(17)10-3-2-8(14)6-11(10)13(15)18/h2-3,6,9,16H,4-5,7H2,1H3. The van der Waals surface area contributed by atoms with Crippen LogP contribution in [0.5, 0.6) is 0 Å². The molecule has 0 fully saturated rings. The zero-order valence-electron chi connectivity index (χ0n) is 10.4. The van der Waals surface area contributed by atoms with Crippen molar-refractivity contribution in [1.29, 1.82) is 0 Å². The molecule has 1 aromatic carbocycles. The van der Waals surface area contributed by atoms with Crippen molar-refractivity contribution in [2.24, 2.45) is 0 Å². The van der Waals surface area contributed by atoms with Crippen molar-refractivity contribution in [1.82, 2.24) is 4.90 Å². The van der Waals surface area contributed by atoms with Gasteiger partial charge in [0.2, 0.25) is 0 Å². The van der Waals surface area contributed by atoms with Gasteiger partial charge in [0.15, 0.2) is 0 Å². The number of carbonyl (C=O) groups is 2. The Labute approximate surface area is 119 Å². The number of benzene rings is 1. The van der Waals surface area contributed by atoms with Gasteiger partial charge >= 0.3 is 0 Å². The highest BCUT2D eigenvalue weighted by Gasteiger charge is 2.35. The van der Waals surface area contributed by atoms with Gasteiger partial charge in [0.05, 0.1) is 23.8 Å². The van der Waals surface area contributed by atoms with Crippen LogP contribution in [0.4, 0.5) is 0 Å². The average Bonchev–Trinajstić information content (AvgIpc) is 2.60. The Morgan fingerprint density at radius 3 is 2.68 bits per heavy atom. The van der Waals surface area contributed by atoms with Crippen molar-refractivity contribution in [2.75, 3.05) is 20.3 Å². The lowest BCUT2D eigenvalue weighted by molar-refractivity contribution is 0.0459. The van der Waals surface area contributed by atoms with Crippen LogP contribution in [0.3, 0.4) is 0 Å². The highest BCUT2D eigenvalue weighted by molar-refractivity contribution is 9.10. The fraction of sp³-hybridized carbons (Fsp3) is 0.385. The molecule has 1 N–H and O–H groups in total. The first-order chi connectivity index (χ1) is 9.04. The topological polar surface area (TPSA) is 66.8 Å². The van der Waals surface area contributed by atoms with Gasteiger partial charge in [0.25, 0.3) is 11.8 Å². The lowest BCUT2D eigenvalue weighted by Crippen LogP contribution is -2.33. The van der Waals surface area contributed by atoms with Crippen molar-refractivity contribution in [3.63, 3.8) is 0 Å². The molecule has 0 radical (unpaired) electrons. The Morgan fingerprint density at radius 1 is 1.32 bits per heavy atom. The molecule has 1 heterocycles. The molecule has 1 aliphatic heterocycles. The van der Waals surface area contributed by atoms with Crippen molar-refractivity contribution < 1.29 is 19.4 Å². The second-order valence-corrected chi connectivity index (χ2v) is 5.27. The number of imide groups is 1. The molecule has 1 aliphatic rings. The third-order valence-electron chi connectivity index (χ3n) is 2.98. The molecule has 5 nitrogen and oxygen atoms in total. The summed E-state index contributed by atoms with van der Waals surface area (Å²) in [7, 11) is 1.49. The molecule has 0 aliphatic carbocycles. The maximum atomic E-state index is 12.1. The minimum absolute atomic E-state index is 0.189. The van der Waals surface area contributed by atoms with Gasteiger partial charge in [-0.05, 0) is 24.6 Å². The van der Waals surface area contributed by atoms with E-state index in [1.807, 2.05) is 0 Å². The molecule has 0 aromatic heterocycles. The van der Waals surface area contributed by atoms with E-state index in [1.54, 1.807) is 18.2 Å². The summed E-state index contributed by atoms with van der Waals surface area (Å²) in [6, 6.07) is 5.00. The van der Waals surface area contributed by atoms with Gasteiger partial charge < -0.3 is 9.84 Å². The van der Waals surface area contributed by atoms with Gasteiger partial charge in [-0.2, -0.15) is 0 Å². The maximum Gasteiger partial charge on any atom is 0.261 e. The summed E-state index contributed by atoms with van der Waals surface area (Å²) in [4.78, 5) is 25.3. The molecule has 0 spiro atoms.